The van der Waals surface area contributed by atoms with Crippen LogP contribution in [-0.4, -0.2) is 0 Å². The number of fused-ring (bicyclic) bond motifs is 1. The highest BCUT2D eigenvalue weighted by atomic mass is 14.2. The minimum Gasteiger partial charge on any atom is -0.0654 e. The van der Waals surface area contributed by atoms with E-state index in [-0.39, 0.29) is 0 Å². The molecule has 0 nitrogen and oxygen atoms in total. The van der Waals surface area contributed by atoms with Crippen molar-refractivity contribution in [2.75, 3.05) is 0 Å². The van der Waals surface area contributed by atoms with Gasteiger partial charge in [-0.25, -0.2) is 0 Å². The third kappa shape index (κ3) is 8.80. The second kappa shape index (κ2) is 14.7. The Labute approximate surface area is 175 Å². The molecule has 0 aliphatic rings. The zero-order valence-corrected chi connectivity index (χ0v) is 18.7. The molecule has 0 aliphatic carbocycles. The SMILES string of the molecule is CCCCCCCCCCCCCC(CCCC)c1ccc2ccccc2c1. The van der Waals surface area contributed by atoms with Crippen LogP contribution >= 0.6 is 0 Å². The second-order valence-electron chi connectivity index (χ2n) is 8.77. The second-order valence-corrected chi connectivity index (χ2v) is 8.77. The molecule has 0 heterocycles. The van der Waals surface area contributed by atoms with Crippen molar-refractivity contribution in [2.45, 2.75) is 116 Å². The summed E-state index contributed by atoms with van der Waals surface area (Å²) in [5, 5.41) is 2.77. The first-order valence-electron chi connectivity index (χ1n) is 12.3. The van der Waals surface area contributed by atoms with Gasteiger partial charge in [0.15, 0.2) is 0 Å². The van der Waals surface area contributed by atoms with E-state index in [0.29, 0.717) is 0 Å². The van der Waals surface area contributed by atoms with Crippen LogP contribution in [0.2, 0.25) is 0 Å². The molecule has 0 saturated carbocycles. The number of unbranched alkanes of at least 4 members (excludes halogenated alkanes) is 11. The van der Waals surface area contributed by atoms with Crippen molar-refractivity contribution >= 4 is 10.8 Å². The topological polar surface area (TPSA) is 0 Å². The molecule has 0 spiro atoms. The van der Waals surface area contributed by atoms with E-state index in [9.17, 15) is 0 Å². The minimum atomic E-state index is 0.753. The molecular weight excluding hydrogens is 336 g/mol. The molecule has 0 radical (unpaired) electrons. The first kappa shape index (κ1) is 23.0. The fraction of sp³-hybridized carbons (Fsp3) is 0.643. The van der Waals surface area contributed by atoms with Gasteiger partial charge in [0.2, 0.25) is 0 Å². The van der Waals surface area contributed by atoms with Crippen LogP contribution in [0.5, 0.6) is 0 Å². The predicted molar refractivity (Wildman–Crippen MR) is 127 cm³/mol. The first-order valence-corrected chi connectivity index (χ1v) is 12.3. The van der Waals surface area contributed by atoms with Gasteiger partial charge in [-0.3, -0.25) is 0 Å². The van der Waals surface area contributed by atoms with E-state index in [0.717, 1.165) is 5.92 Å². The van der Waals surface area contributed by atoms with E-state index in [2.05, 4.69) is 56.3 Å². The molecule has 28 heavy (non-hydrogen) atoms. The number of hydrogen-bond donors (Lipinski definition) is 0. The van der Waals surface area contributed by atoms with Crippen LogP contribution in [0.15, 0.2) is 42.5 Å². The summed E-state index contributed by atoms with van der Waals surface area (Å²) in [6.45, 7) is 4.62. The summed E-state index contributed by atoms with van der Waals surface area (Å²) >= 11 is 0. The van der Waals surface area contributed by atoms with E-state index in [1.807, 2.05) is 0 Å². The van der Waals surface area contributed by atoms with Crippen molar-refractivity contribution in [3.63, 3.8) is 0 Å². The molecule has 2 aromatic rings. The third-order valence-corrected chi connectivity index (χ3v) is 6.31. The molecule has 0 aliphatic heterocycles. The molecule has 0 amide bonds. The van der Waals surface area contributed by atoms with Gasteiger partial charge in [0, 0.05) is 0 Å². The average molecular weight is 381 g/mol. The first-order chi connectivity index (χ1) is 13.8. The van der Waals surface area contributed by atoms with Crippen LogP contribution in [0, 0.1) is 0 Å². The molecule has 2 aromatic carbocycles. The smallest absolute Gasteiger partial charge is 0.0162 e. The van der Waals surface area contributed by atoms with Crippen LogP contribution < -0.4 is 0 Å². The molecule has 1 unspecified atom stereocenters. The Balaban J connectivity index is 1.67. The van der Waals surface area contributed by atoms with Crippen LogP contribution in [0.3, 0.4) is 0 Å². The van der Waals surface area contributed by atoms with Crippen LogP contribution in [0.4, 0.5) is 0 Å². The summed E-state index contributed by atoms with van der Waals surface area (Å²) in [4.78, 5) is 0. The number of benzene rings is 2. The maximum absolute atomic E-state index is 2.45. The van der Waals surface area contributed by atoms with Gasteiger partial charge >= 0.3 is 0 Å². The Morgan fingerprint density at radius 2 is 1.07 bits per heavy atom. The molecule has 156 valence electrons. The molecular formula is C28H44. The number of rotatable bonds is 16. The highest BCUT2D eigenvalue weighted by Crippen LogP contribution is 2.30. The fourth-order valence-electron chi connectivity index (χ4n) is 4.44. The van der Waals surface area contributed by atoms with Gasteiger partial charge in [-0.2, -0.15) is 0 Å². The summed E-state index contributed by atoms with van der Waals surface area (Å²) in [6.07, 6.45) is 21.2. The van der Waals surface area contributed by atoms with Gasteiger partial charge in [-0.15, -0.1) is 0 Å². The van der Waals surface area contributed by atoms with E-state index in [4.69, 9.17) is 0 Å². The van der Waals surface area contributed by atoms with Gasteiger partial charge in [-0.05, 0) is 35.1 Å². The quantitative estimate of drug-likeness (QED) is 0.254. The lowest BCUT2D eigenvalue weighted by atomic mass is 9.87. The summed E-state index contributed by atoms with van der Waals surface area (Å²) in [5.74, 6) is 0.753. The van der Waals surface area contributed by atoms with Crippen molar-refractivity contribution in [3.8, 4) is 0 Å². The van der Waals surface area contributed by atoms with Gasteiger partial charge in [0.25, 0.3) is 0 Å². The van der Waals surface area contributed by atoms with Gasteiger partial charge in [0.05, 0.1) is 0 Å². The summed E-state index contributed by atoms with van der Waals surface area (Å²) in [5.41, 5.74) is 1.57. The molecule has 0 bridgehead atoms. The molecule has 0 saturated heterocycles. The van der Waals surface area contributed by atoms with Crippen molar-refractivity contribution in [3.05, 3.63) is 48.0 Å². The van der Waals surface area contributed by atoms with E-state index in [1.54, 1.807) is 5.56 Å². The Morgan fingerprint density at radius 3 is 1.71 bits per heavy atom. The minimum absolute atomic E-state index is 0.753. The predicted octanol–water partition coefficient (Wildman–Crippen LogP) is 9.81. The van der Waals surface area contributed by atoms with Gasteiger partial charge < -0.3 is 0 Å². The molecule has 0 heteroatoms. The standard InChI is InChI=1S/C28H44/c1-3-5-7-8-9-10-11-12-13-14-15-19-25(18-6-4-2)28-23-22-26-20-16-17-21-27(26)24-28/h16-17,20-25H,3-15,18-19H2,1-2H3. The summed E-state index contributed by atoms with van der Waals surface area (Å²) < 4.78 is 0. The van der Waals surface area contributed by atoms with Crippen molar-refractivity contribution in [1.29, 1.82) is 0 Å². The number of hydrogen-bond acceptors (Lipinski definition) is 0. The molecule has 1 atom stereocenters. The maximum Gasteiger partial charge on any atom is -0.0162 e. The highest BCUT2D eigenvalue weighted by molar-refractivity contribution is 5.83. The Kier molecular flexibility index (Phi) is 12.0. The monoisotopic (exact) mass is 380 g/mol. The Morgan fingerprint density at radius 1 is 0.536 bits per heavy atom. The van der Waals surface area contributed by atoms with E-state index < -0.39 is 0 Å². The maximum atomic E-state index is 2.45. The van der Waals surface area contributed by atoms with Crippen LogP contribution in [0.25, 0.3) is 10.8 Å². The average Bonchev–Trinajstić information content (AvgIpc) is 2.73. The lowest BCUT2D eigenvalue weighted by Gasteiger charge is -2.18. The summed E-state index contributed by atoms with van der Waals surface area (Å²) in [7, 11) is 0. The summed E-state index contributed by atoms with van der Waals surface area (Å²) in [6, 6.07) is 16.0. The normalized spacial score (nSPS) is 12.5. The van der Waals surface area contributed by atoms with Crippen molar-refractivity contribution in [1.82, 2.24) is 0 Å². The molecule has 2 rings (SSSR count). The van der Waals surface area contributed by atoms with Crippen molar-refractivity contribution < 1.29 is 0 Å². The zero-order chi connectivity index (χ0) is 19.9. The fourth-order valence-corrected chi connectivity index (χ4v) is 4.44. The molecule has 0 fully saturated rings. The molecule has 0 N–H and O–H groups in total. The van der Waals surface area contributed by atoms with E-state index >= 15 is 0 Å². The van der Waals surface area contributed by atoms with Gasteiger partial charge in [-0.1, -0.05) is 140 Å². The van der Waals surface area contributed by atoms with Crippen molar-refractivity contribution in [2.24, 2.45) is 0 Å². The van der Waals surface area contributed by atoms with E-state index in [1.165, 1.54) is 107 Å². The Hall–Kier alpha value is -1.30. The highest BCUT2D eigenvalue weighted by Gasteiger charge is 2.11. The van der Waals surface area contributed by atoms with Gasteiger partial charge in [0.1, 0.15) is 0 Å². The lowest BCUT2D eigenvalue weighted by molar-refractivity contribution is 0.496. The molecule has 0 aromatic heterocycles. The zero-order valence-electron chi connectivity index (χ0n) is 18.7. The lowest BCUT2D eigenvalue weighted by Crippen LogP contribution is -2.00. The largest absolute Gasteiger partial charge is 0.0654 e. The van der Waals surface area contributed by atoms with Crippen LogP contribution in [0.1, 0.15) is 122 Å². The third-order valence-electron chi connectivity index (χ3n) is 6.31. The van der Waals surface area contributed by atoms with Crippen LogP contribution in [-0.2, 0) is 0 Å². The Bertz CT molecular complexity index is 627.